The summed E-state index contributed by atoms with van der Waals surface area (Å²) in [6, 6.07) is 10.9. The number of halogens is 1. The van der Waals surface area contributed by atoms with Gasteiger partial charge in [0.15, 0.2) is 0 Å². The number of sulfonamides is 1. The minimum atomic E-state index is -3.97. The van der Waals surface area contributed by atoms with Crippen molar-refractivity contribution in [3.8, 4) is 17.1 Å². The van der Waals surface area contributed by atoms with E-state index in [-0.39, 0.29) is 28.7 Å². The Balaban J connectivity index is 1.41. The summed E-state index contributed by atoms with van der Waals surface area (Å²) >= 11 is 7.18. The van der Waals surface area contributed by atoms with Gasteiger partial charge in [0.25, 0.3) is 15.9 Å². The lowest BCUT2D eigenvalue weighted by molar-refractivity contribution is 0.0164. The van der Waals surface area contributed by atoms with Gasteiger partial charge in [-0.05, 0) is 37.1 Å². The monoisotopic (exact) mass is 558 g/mol. The van der Waals surface area contributed by atoms with Crippen molar-refractivity contribution < 1.29 is 17.9 Å². The Morgan fingerprint density at radius 3 is 2.51 bits per heavy atom. The van der Waals surface area contributed by atoms with Crippen molar-refractivity contribution in [2.75, 3.05) is 17.8 Å². The smallest absolute Gasteiger partial charge is 0.267 e. The molecule has 4 aromatic rings. The first-order valence-electron chi connectivity index (χ1n) is 11.3. The minimum Gasteiger partial charge on any atom is -0.470 e. The molecule has 1 saturated heterocycles. The molecule has 4 heterocycles. The zero-order valence-corrected chi connectivity index (χ0v) is 22.6. The van der Waals surface area contributed by atoms with Crippen LogP contribution in [-0.2, 0) is 17.1 Å². The molecule has 1 aromatic carbocycles. The number of amides is 1. The Kier molecular flexibility index (Phi) is 6.65. The van der Waals surface area contributed by atoms with Gasteiger partial charge in [-0.1, -0.05) is 29.8 Å². The van der Waals surface area contributed by atoms with Crippen LogP contribution < -0.4 is 9.46 Å². The topological polar surface area (TPSA) is 119 Å². The van der Waals surface area contributed by atoms with E-state index in [4.69, 9.17) is 16.3 Å². The highest BCUT2D eigenvalue weighted by Gasteiger charge is 2.34. The largest absolute Gasteiger partial charge is 0.470 e. The Morgan fingerprint density at radius 2 is 1.89 bits per heavy atom. The number of nitrogens with one attached hydrogen (secondary N) is 1. The number of thiophene rings is 1. The highest BCUT2D eigenvalue weighted by molar-refractivity contribution is 7.92. The molecule has 10 nitrogen and oxygen atoms in total. The molecule has 37 heavy (non-hydrogen) atoms. The Labute approximate surface area is 222 Å². The average molecular weight is 559 g/mol. The van der Waals surface area contributed by atoms with E-state index in [2.05, 4.69) is 19.8 Å². The van der Waals surface area contributed by atoms with Crippen LogP contribution in [0.2, 0.25) is 4.34 Å². The first kappa shape index (κ1) is 25.2. The quantitative estimate of drug-likeness (QED) is 0.365. The molecule has 3 aromatic heterocycles. The zero-order valence-electron chi connectivity index (χ0n) is 20.2. The maximum absolute atomic E-state index is 12.9. The molecule has 0 spiro atoms. The van der Waals surface area contributed by atoms with Gasteiger partial charge in [-0.15, -0.1) is 11.3 Å². The van der Waals surface area contributed by atoms with E-state index in [0.717, 1.165) is 16.7 Å². The van der Waals surface area contributed by atoms with E-state index >= 15 is 0 Å². The number of ether oxygens (including phenoxy) is 1. The standard InChI is InChI=1S/C24H23ClN6O4S2/c1-14-5-4-6-15(2)22(14)18-9-21(28-24(27-18)29-37(33,34)17-10-26-30(3)13-17)35-16-11-31(12-16)23(32)19-7-8-20(25)36-19/h4-10,13,16H,11-12H2,1-3H3,(H,27,28,29). The van der Waals surface area contributed by atoms with Crippen LogP contribution in [0.15, 0.2) is 53.7 Å². The van der Waals surface area contributed by atoms with Crippen LogP contribution in [0.4, 0.5) is 5.95 Å². The molecule has 0 aliphatic carbocycles. The number of anilines is 1. The molecule has 1 aliphatic heterocycles. The van der Waals surface area contributed by atoms with E-state index in [0.29, 0.717) is 28.0 Å². The first-order chi connectivity index (χ1) is 17.6. The number of nitrogens with zero attached hydrogens (tertiary/aromatic N) is 5. The lowest BCUT2D eigenvalue weighted by Gasteiger charge is -2.38. The van der Waals surface area contributed by atoms with Gasteiger partial charge < -0.3 is 9.64 Å². The fraction of sp³-hybridized carbons (Fsp3) is 0.250. The van der Waals surface area contributed by atoms with Crippen LogP contribution in [0.1, 0.15) is 20.8 Å². The van der Waals surface area contributed by atoms with Crippen LogP contribution in [0, 0.1) is 13.8 Å². The first-order valence-corrected chi connectivity index (χ1v) is 14.0. The summed E-state index contributed by atoms with van der Waals surface area (Å²) in [4.78, 5) is 23.6. The molecule has 192 valence electrons. The van der Waals surface area contributed by atoms with Crippen LogP contribution in [0.25, 0.3) is 11.3 Å². The van der Waals surface area contributed by atoms with Gasteiger partial charge in [0.1, 0.15) is 11.0 Å². The number of likely N-dealkylation sites (tertiary alicyclic amines) is 1. The number of carbonyl (C=O) groups is 1. The summed E-state index contributed by atoms with van der Waals surface area (Å²) < 4.78 is 36.3. The second-order valence-corrected chi connectivity index (χ2v) is 12.1. The van der Waals surface area contributed by atoms with Gasteiger partial charge in [0.05, 0.1) is 34.2 Å². The Morgan fingerprint density at radius 1 is 1.16 bits per heavy atom. The second-order valence-electron chi connectivity index (χ2n) is 8.69. The van der Waals surface area contributed by atoms with Gasteiger partial charge in [0, 0.05) is 24.9 Å². The normalized spacial score (nSPS) is 13.9. The van der Waals surface area contributed by atoms with Crippen molar-refractivity contribution in [3.63, 3.8) is 0 Å². The molecule has 5 rings (SSSR count). The van der Waals surface area contributed by atoms with Crippen molar-refractivity contribution >= 4 is 44.8 Å². The Hall–Kier alpha value is -3.48. The number of hydrogen-bond acceptors (Lipinski definition) is 8. The molecule has 13 heteroatoms. The molecule has 0 bridgehead atoms. The summed E-state index contributed by atoms with van der Waals surface area (Å²) in [6.45, 7) is 4.65. The molecule has 0 radical (unpaired) electrons. The van der Waals surface area contributed by atoms with E-state index in [9.17, 15) is 13.2 Å². The number of hydrogen-bond donors (Lipinski definition) is 1. The van der Waals surface area contributed by atoms with Gasteiger partial charge >= 0.3 is 0 Å². The summed E-state index contributed by atoms with van der Waals surface area (Å²) in [6.07, 6.45) is 2.33. The number of aromatic nitrogens is 4. The van der Waals surface area contributed by atoms with Crippen molar-refractivity contribution in [1.29, 1.82) is 0 Å². The molecule has 1 N–H and O–H groups in total. The Bertz CT molecular complexity index is 1570. The van der Waals surface area contributed by atoms with Crippen LogP contribution in [0.3, 0.4) is 0 Å². The highest BCUT2D eigenvalue weighted by Crippen LogP contribution is 2.31. The fourth-order valence-corrected chi connectivity index (χ4v) is 5.97. The van der Waals surface area contributed by atoms with E-state index in [1.54, 1.807) is 30.1 Å². The summed E-state index contributed by atoms with van der Waals surface area (Å²) in [5.74, 6) is -0.0344. The zero-order chi connectivity index (χ0) is 26.3. The van der Waals surface area contributed by atoms with Crippen molar-refractivity contribution in [1.82, 2.24) is 24.6 Å². The third kappa shape index (κ3) is 5.31. The highest BCUT2D eigenvalue weighted by atomic mass is 35.5. The van der Waals surface area contributed by atoms with Crippen molar-refractivity contribution in [3.05, 3.63) is 69.1 Å². The lowest BCUT2D eigenvalue weighted by atomic mass is 10.00. The van der Waals surface area contributed by atoms with Crippen molar-refractivity contribution in [2.45, 2.75) is 24.8 Å². The lowest BCUT2D eigenvalue weighted by Crippen LogP contribution is -2.56. The third-order valence-electron chi connectivity index (χ3n) is 5.86. The van der Waals surface area contributed by atoms with Crippen molar-refractivity contribution in [2.24, 2.45) is 7.05 Å². The summed E-state index contributed by atoms with van der Waals surface area (Å²) in [7, 11) is -2.35. The second kappa shape index (κ2) is 9.77. The number of aryl methyl sites for hydroxylation is 3. The average Bonchev–Trinajstić information content (AvgIpc) is 3.44. The minimum absolute atomic E-state index is 0.0135. The van der Waals surface area contributed by atoms with Gasteiger partial charge in [0.2, 0.25) is 11.8 Å². The fourth-order valence-electron chi connectivity index (χ4n) is 4.03. The maximum atomic E-state index is 12.9. The SMILES string of the molecule is Cc1cccc(C)c1-c1cc(OC2CN(C(=O)c3ccc(Cl)s3)C2)nc(NS(=O)(=O)c2cnn(C)c2)n1. The molecule has 0 unspecified atom stereocenters. The molecular weight excluding hydrogens is 536 g/mol. The van der Waals surface area contributed by atoms with E-state index < -0.39 is 10.0 Å². The van der Waals surface area contributed by atoms with Gasteiger partial charge in [-0.3, -0.25) is 9.48 Å². The van der Waals surface area contributed by atoms with E-state index in [1.807, 2.05) is 32.0 Å². The van der Waals surface area contributed by atoms with Crippen LogP contribution >= 0.6 is 22.9 Å². The molecule has 0 atom stereocenters. The molecular formula is C24H23ClN6O4S2. The summed E-state index contributed by atoms with van der Waals surface area (Å²) in [5, 5.41) is 3.93. The van der Waals surface area contributed by atoms with Gasteiger partial charge in [-0.2, -0.15) is 10.1 Å². The predicted octanol–water partition coefficient (Wildman–Crippen LogP) is 3.91. The molecule has 1 fully saturated rings. The number of rotatable bonds is 7. The number of benzene rings is 1. The van der Waals surface area contributed by atoms with Crippen LogP contribution in [-0.4, -0.2) is 58.2 Å². The molecule has 1 aliphatic rings. The maximum Gasteiger partial charge on any atom is 0.267 e. The number of carbonyl (C=O) groups excluding carboxylic acids is 1. The molecule has 0 saturated carbocycles. The predicted molar refractivity (Wildman–Crippen MR) is 141 cm³/mol. The third-order valence-corrected chi connectivity index (χ3v) is 8.37. The summed E-state index contributed by atoms with van der Waals surface area (Å²) in [5.41, 5.74) is 3.32. The molecule has 1 amide bonds. The van der Waals surface area contributed by atoms with Gasteiger partial charge in [-0.25, -0.2) is 18.1 Å². The van der Waals surface area contributed by atoms with Crippen LogP contribution in [0.5, 0.6) is 5.88 Å². The van der Waals surface area contributed by atoms with E-state index in [1.165, 1.54) is 28.4 Å².